The molecule has 22 heavy (non-hydrogen) atoms. The van der Waals surface area contributed by atoms with Crippen LogP contribution in [0.4, 0.5) is 0 Å². The van der Waals surface area contributed by atoms with Crippen molar-refractivity contribution in [1.82, 2.24) is 4.90 Å². The van der Waals surface area contributed by atoms with Crippen molar-refractivity contribution in [1.29, 1.82) is 0 Å². The zero-order chi connectivity index (χ0) is 16.5. The summed E-state index contributed by atoms with van der Waals surface area (Å²) in [7, 11) is 0. The molecule has 1 rings (SSSR count). The number of rotatable bonds is 8. The average Bonchev–Trinajstić information content (AvgIpc) is 2.50. The average molecular weight is 315 g/mol. The van der Waals surface area contributed by atoms with E-state index in [0.29, 0.717) is 25.8 Å². The van der Waals surface area contributed by atoms with Gasteiger partial charge in [0.25, 0.3) is 0 Å². The quantitative estimate of drug-likeness (QED) is 0.577. The zero-order valence-corrected chi connectivity index (χ0v) is 13.5. The Kier molecular flexibility index (Phi) is 8.63. The first kappa shape index (κ1) is 19.1. The SMILES string of the molecule is CCC/C=C\CCN(C(=O)CCC)C1OCC(O)C(O)C1O. The third-order valence-corrected chi connectivity index (χ3v) is 3.72. The van der Waals surface area contributed by atoms with Crippen LogP contribution in [-0.2, 0) is 9.53 Å². The van der Waals surface area contributed by atoms with Crippen molar-refractivity contribution in [2.75, 3.05) is 13.2 Å². The lowest BCUT2D eigenvalue weighted by molar-refractivity contribution is -0.227. The Bertz CT molecular complexity index is 360. The molecule has 4 unspecified atom stereocenters. The highest BCUT2D eigenvalue weighted by molar-refractivity contribution is 5.76. The van der Waals surface area contributed by atoms with Crippen molar-refractivity contribution in [3.63, 3.8) is 0 Å². The van der Waals surface area contributed by atoms with Crippen LogP contribution in [0.25, 0.3) is 0 Å². The molecule has 0 aromatic carbocycles. The van der Waals surface area contributed by atoms with Gasteiger partial charge in [-0.1, -0.05) is 32.4 Å². The fourth-order valence-corrected chi connectivity index (χ4v) is 2.43. The van der Waals surface area contributed by atoms with Crippen LogP contribution in [0.15, 0.2) is 12.2 Å². The molecule has 0 spiro atoms. The number of unbranched alkanes of at least 4 members (excludes halogenated alkanes) is 1. The summed E-state index contributed by atoms with van der Waals surface area (Å²) in [4.78, 5) is 13.7. The summed E-state index contributed by atoms with van der Waals surface area (Å²) in [6.45, 7) is 4.34. The van der Waals surface area contributed by atoms with E-state index < -0.39 is 24.5 Å². The molecule has 0 bridgehead atoms. The molecular formula is C16H29NO5. The van der Waals surface area contributed by atoms with Crippen LogP contribution in [0.3, 0.4) is 0 Å². The van der Waals surface area contributed by atoms with E-state index in [4.69, 9.17) is 4.74 Å². The second-order valence-electron chi connectivity index (χ2n) is 5.66. The Morgan fingerprint density at radius 3 is 2.45 bits per heavy atom. The highest BCUT2D eigenvalue weighted by Crippen LogP contribution is 2.20. The smallest absolute Gasteiger partial charge is 0.224 e. The van der Waals surface area contributed by atoms with Gasteiger partial charge in [-0.25, -0.2) is 0 Å². The van der Waals surface area contributed by atoms with Crippen molar-refractivity contribution in [2.24, 2.45) is 0 Å². The van der Waals surface area contributed by atoms with E-state index in [0.717, 1.165) is 12.8 Å². The molecule has 1 aliphatic rings. The number of nitrogens with zero attached hydrogens (tertiary/aromatic N) is 1. The van der Waals surface area contributed by atoms with Crippen molar-refractivity contribution < 1.29 is 24.9 Å². The third kappa shape index (κ3) is 5.35. The fraction of sp³-hybridized carbons (Fsp3) is 0.812. The summed E-state index contributed by atoms with van der Waals surface area (Å²) in [5, 5.41) is 29.4. The van der Waals surface area contributed by atoms with Crippen molar-refractivity contribution in [3.8, 4) is 0 Å². The summed E-state index contributed by atoms with van der Waals surface area (Å²) in [6.07, 6.45) is 3.25. The number of carbonyl (C=O) groups is 1. The Morgan fingerprint density at radius 2 is 1.82 bits per heavy atom. The molecule has 0 aliphatic carbocycles. The second-order valence-corrected chi connectivity index (χ2v) is 5.66. The number of hydrogen-bond acceptors (Lipinski definition) is 5. The summed E-state index contributed by atoms with van der Waals surface area (Å²) < 4.78 is 5.40. The molecular weight excluding hydrogens is 286 g/mol. The van der Waals surface area contributed by atoms with Gasteiger partial charge < -0.3 is 25.0 Å². The maximum absolute atomic E-state index is 12.3. The molecule has 1 aliphatic heterocycles. The van der Waals surface area contributed by atoms with E-state index in [1.165, 1.54) is 4.90 Å². The highest BCUT2D eigenvalue weighted by atomic mass is 16.5. The minimum Gasteiger partial charge on any atom is -0.388 e. The number of allylic oxidation sites excluding steroid dienone is 1. The van der Waals surface area contributed by atoms with Gasteiger partial charge in [-0.05, 0) is 19.3 Å². The van der Waals surface area contributed by atoms with Crippen LogP contribution < -0.4 is 0 Å². The van der Waals surface area contributed by atoms with E-state index in [-0.39, 0.29) is 12.5 Å². The predicted molar refractivity (Wildman–Crippen MR) is 83.0 cm³/mol. The first-order valence-electron chi connectivity index (χ1n) is 8.13. The second kappa shape index (κ2) is 9.94. The third-order valence-electron chi connectivity index (χ3n) is 3.72. The lowest BCUT2D eigenvalue weighted by atomic mass is 10.0. The minimum atomic E-state index is -1.30. The van der Waals surface area contributed by atoms with Gasteiger partial charge in [0, 0.05) is 13.0 Å². The molecule has 6 nitrogen and oxygen atoms in total. The van der Waals surface area contributed by atoms with Gasteiger partial charge in [0.05, 0.1) is 6.61 Å². The van der Waals surface area contributed by atoms with Crippen LogP contribution in [0.5, 0.6) is 0 Å². The normalized spacial score (nSPS) is 29.0. The van der Waals surface area contributed by atoms with Gasteiger partial charge in [0.2, 0.25) is 5.91 Å². The summed E-state index contributed by atoms with van der Waals surface area (Å²) in [5.74, 6) is -0.112. The Balaban J connectivity index is 2.70. The molecule has 1 saturated heterocycles. The van der Waals surface area contributed by atoms with Crippen LogP contribution in [-0.4, -0.2) is 63.8 Å². The topological polar surface area (TPSA) is 90.2 Å². The van der Waals surface area contributed by atoms with Crippen molar-refractivity contribution in [3.05, 3.63) is 12.2 Å². The first-order valence-corrected chi connectivity index (χ1v) is 8.13. The molecule has 1 fully saturated rings. The standard InChI is InChI=1S/C16H29NO5/c1-3-5-6-7-8-10-17(13(19)9-4-2)16-15(21)14(20)12(18)11-22-16/h6-7,12,14-16,18,20-21H,3-5,8-11H2,1-2H3/b7-6-. The summed E-state index contributed by atoms with van der Waals surface area (Å²) in [6, 6.07) is 0. The molecule has 0 radical (unpaired) electrons. The number of ether oxygens (including phenoxy) is 1. The largest absolute Gasteiger partial charge is 0.388 e. The molecule has 0 aromatic heterocycles. The van der Waals surface area contributed by atoms with E-state index in [9.17, 15) is 20.1 Å². The predicted octanol–water partition coefficient (Wildman–Crippen LogP) is 0.800. The van der Waals surface area contributed by atoms with Crippen LogP contribution in [0.1, 0.15) is 46.0 Å². The van der Waals surface area contributed by atoms with Gasteiger partial charge in [-0.2, -0.15) is 0 Å². The van der Waals surface area contributed by atoms with E-state index in [2.05, 4.69) is 13.0 Å². The van der Waals surface area contributed by atoms with Crippen LogP contribution >= 0.6 is 0 Å². The minimum absolute atomic E-state index is 0.0928. The van der Waals surface area contributed by atoms with Gasteiger partial charge >= 0.3 is 0 Å². The number of aliphatic hydroxyl groups is 3. The number of amides is 1. The summed E-state index contributed by atoms with van der Waals surface area (Å²) in [5.41, 5.74) is 0. The van der Waals surface area contributed by atoms with Gasteiger partial charge in [-0.15, -0.1) is 0 Å². The maximum Gasteiger partial charge on any atom is 0.224 e. The van der Waals surface area contributed by atoms with Gasteiger partial charge in [-0.3, -0.25) is 4.79 Å². The molecule has 0 aromatic rings. The van der Waals surface area contributed by atoms with Gasteiger partial charge in [0.1, 0.15) is 18.3 Å². The number of hydrogen-bond donors (Lipinski definition) is 3. The molecule has 4 atom stereocenters. The molecule has 1 amide bonds. The highest BCUT2D eigenvalue weighted by Gasteiger charge is 2.41. The summed E-state index contributed by atoms with van der Waals surface area (Å²) >= 11 is 0. The molecule has 6 heteroatoms. The van der Waals surface area contributed by atoms with E-state index in [1.54, 1.807) is 0 Å². The van der Waals surface area contributed by atoms with Gasteiger partial charge in [0.15, 0.2) is 6.23 Å². The van der Waals surface area contributed by atoms with Crippen LogP contribution in [0, 0.1) is 0 Å². The fourth-order valence-electron chi connectivity index (χ4n) is 2.43. The molecule has 128 valence electrons. The van der Waals surface area contributed by atoms with E-state index >= 15 is 0 Å². The van der Waals surface area contributed by atoms with Crippen molar-refractivity contribution in [2.45, 2.75) is 70.5 Å². The number of aliphatic hydroxyl groups excluding tert-OH is 3. The first-order chi connectivity index (χ1) is 10.5. The molecule has 1 heterocycles. The lowest BCUT2D eigenvalue weighted by Crippen LogP contribution is -2.60. The Labute approximate surface area is 132 Å². The molecule has 0 saturated carbocycles. The monoisotopic (exact) mass is 315 g/mol. The maximum atomic E-state index is 12.3. The zero-order valence-electron chi connectivity index (χ0n) is 13.5. The van der Waals surface area contributed by atoms with E-state index in [1.807, 2.05) is 13.0 Å². The Hall–Kier alpha value is -0.950. The number of carbonyl (C=O) groups excluding carboxylic acids is 1. The Morgan fingerprint density at radius 1 is 1.14 bits per heavy atom. The van der Waals surface area contributed by atoms with Crippen molar-refractivity contribution >= 4 is 5.91 Å². The lowest BCUT2D eigenvalue weighted by Gasteiger charge is -2.41. The van der Waals surface area contributed by atoms with Crippen LogP contribution in [0.2, 0.25) is 0 Å². The molecule has 3 N–H and O–H groups in total.